The Labute approximate surface area is 172 Å². The normalized spacial score (nSPS) is 16.2. The Balaban J connectivity index is 1.85. The molecule has 3 rings (SSSR count). The number of ether oxygens (including phenoxy) is 4. The second kappa shape index (κ2) is 9.02. The minimum absolute atomic E-state index is 0.132. The zero-order valence-corrected chi connectivity index (χ0v) is 17.8. The van der Waals surface area contributed by atoms with Crippen LogP contribution in [0.15, 0.2) is 47.4 Å². The summed E-state index contributed by atoms with van der Waals surface area (Å²) in [5.74, 6) is 1.61. The molecule has 0 saturated carbocycles. The lowest BCUT2D eigenvalue weighted by molar-refractivity contribution is 0.0517. The van der Waals surface area contributed by atoms with Crippen LogP contribution in [0.5, 0.6) is 17.2 Å². The van der Waals surface area contributed by atoms with E-state index in [9.17, 15) is 8.42 Å². The fourth-order valence-corrected chi connectivity index (χ4v) is 4.72. The molecule has 0 atom stereocenters. The van der Waals surface area contributed by atoms with Gasteiger partial charge >= 0.3 is 0 Å². The summed E-state index contributed by atoms with van der Waals surface area (Å²) in [7, 11) is 0.877. The van der Waals surface area contributed by atoms with Gasteiger partial charge in [-0.1, -0.05) is 12.1 Å². The summed E-state index contributed by atoms with van der Waals surface area (Å²) in [5.41, 5.74) is 0.727. The predicted octanol–water partition coefficient (Wildman–Crippen LogP) is 2.74. The van der Waals surface area contributed by atoms with Crippen molar-refractivity contribution in [2.24, 2.45) is 0 Å². The number of benzene rings is 2. The minimum atomic E-state index is -3.73. The van der Waals surface area contributed by atoms with Crippen LogP contribution in [-0.2, 0) is 20.2 Å². The van der Waals surface area contributed by atoms with E-state index in [0.29, 0.717) is 24.7 Å². The summed E-state index contributed by atoms with van der Waals surface area (Å²) < 4.78 is 49.9. The molecular formula is C21H27NO6S. The molecule has 8 heteroatoms. The van der Waals surface area contributed by atoms with Crippen molar-refractivity contribution in [1.82, 2.24) is 4.72 Å². The number of sulfonamides is 1. The van der Waals surface area contributed by atoms with Gasteiger partial charge in [-0.15, -0.1) is 0 Å². The van der Waals surface area contributed by atoms with E-state index in [1.165, 1.54) is 26.4 Å². The van der Waals surface area contributed by atoms with Crippen LogP contribution in [0.25, 0.3) is 0 Å². The average molecular weight is 422 g/mol. The highest BCUT2D eigenvalue weighted by molar-refractivity contribution is 7.89. The highest BCUT2D eigenvalue weighted by Gasteiger charge is 2.36. The standard InChI is InChI=1S/C21H27NO6S/c1-25-17-6-4-16(5-7-17)21(10-12-28-13-11-21)15-22-29(23,24)18-8-9-19(26-2)20(14-18)27-3/h4-9,14,22H,10-13,15H2,1-3H3. The van der Waals surface area contributed by atoms with E-state index in [-0.39, 0.29) is 16.9 Å². The van der Waals surface area contributed by atoms with E-state index in [0.717, 1.165) is 24.2 Å². The Kier molecular flexibility index (Phi) is 6.66. The second-order valence-corrected chi connectivity index (χ2v) is 8.73. The lowest BCUT2D eigenvalue weighted by Gasteiger charge is -2.38. The second-order valence-electron chi connectivity index (χ2n) is 6.96. The zero-order chi connectivity index (χ0) is 20.9. The van der Waals surface area contributed by atoms with Crippen molar-refractivity contribution in [2.45, 2.75) is 23.2 Å². The molecule has 0 unspecified atom stereocenters. The average Bonchev–Trinajstić information content (AvgIpc) is 2.78. The molecule has 0 radical (unpaired) electrons. The van der Waals surface area contributed by atoms with Crippen LogP contribution in [0.1, 0.15) is 18.4 Å². The number of methoxy groups -OCH3 is 3. The predicted molar refractivity (Wildman–Crippen MR) is 109 cm³/mol. The molecule has 7 nitrogen and oxygen atoms in total. The van der Waals surface area contributed by atoms with Crippen molar-refractivity contribution in [3.63, 3.8) is 0 Å². The Hall–Kier alpha value is -2.29. The van der Waals surface area contributed by atoms with Crippen molar-refractivity contribution in [3.8, 4) is 17.2 Å². The van der Waals surface area contributed by atoms with E-state index in [1.54, 1.807) is 13.2 Å². The van der Waals surface area contributed by atoms with E-state index in [4.69, 9.17) is 18.9 Å². The van der Waals surface area contributed by atoms with E-state index >= 15 is 0 Å². The summed E-state index contributed by atoms with van der Waals surface area (Å²) in [5, 5.41) is 0. The van der Waals surface area contributed by atoms with Crippen LogP contribution in [-0.4, -0.2) is 49.5 Å². The van der Waals surface area contributed by atoms with Crippen LogP contribution in [0.3, 0.4) is 0 Å². The van der Waals surface area contributed by atoms with Crippen molar-refractivity contribution >= 4 is 10.0 Å². The Morgan fingerprint density at radius 1 is 0.931 bits per heavy atom. The van der Waals surface area contributed by atoms with Gasteiger partial charge < -0.3 is 18.9 Å². The maximum Gasteiger partial charge on any atom is 0.240 e. The fraction of sp³-hybridized carbons (Fsp3) is 0.429. The van der Waals surface area contributed by atoms with Gasteiger partial charge in [-0.25, -0.2) is 13.1 Å². The summed E-state index contributed by atoms with van der Waals surface area (Å²) in [6.45, 7) is 1.45. The van der Waals surface area contributed by atoms with Gasteiger partial charge in [0.15, 0.2) is 11.5 Å². The lowest BCUT2D eigenvalue weighted by Crippen LogP contribution is -2.44. The molecule has 0 aliphatic carbocycles. The van der Waals surface area contributed by atoms with E-state index in [1.807, 2.05) is 24.3 Å². The van der Waals surface area contributed by atoms with Crippen LogP contribution >= 0.6 is 0 Å². The smallest absolute Gasteiger partial charge is 0.240 e. The molecule has 2 aromatic carbocycles. The van der Waals surface area contributed by atoms with Gasteiger partial charge in [0.1, 0.15) is 5.75 Å². The molecule has 158 valence electrons. The Bertz CT molecular complexity index is 921. The van der Waals surface area contributed by atoms with Crippen LogP contribution in [0.2, 0.25) is 0 Å². The monoisotopic (exact) mass is 421 g/mol. The molecular weight excluding hydrogens is 394 g/mol. The van der Waals surface area contributed by atoms with Gasteiger partial charge in [-0.2, -0.15) is 0 Å². The van der Waals surface area contributed by atoms with E-state index < -0.39 is 10.0 Å². The number of rotatable bonds is 8. The molecule has 0 spiro atoms. The molecule has 0 aromatic heterocycles. The van der Waals surface area contributed by atoms with Gasteiger partial charge in [0.2, 0.25) is 10.0 Å². The Morgan fingerprint density at radius 3 is 2.17 bits per heavy atom. The first kappa shape index (κ1) is 21.4. The molecule has 0 amide bonds. The summed E-state index contributed by atoms with van der Waals surface area (Å²) in [4.78, 5) is 0.132. The molecule has 1 heterocycles. The van der Waals surface area contributed by atoms with Crippen LogP contribution in [0.4, 0.5) is 0 Å². The van der Waals surface area contributed by atoms with Crippen LogP contribution < -0.4 is 18.9 Å². The van der Waals surface area contributed by atoms with E-state index in [2.05, 4.69) is 4.72 Å². The first-order valence-corrected chi connectivity index (χ1v) is 10.9. The van der Waals surface area contributed by atoms with Gasteiger partial charge in [0.25, 0.3) is 0 Å². The fourth-order valence-electron chi connectivity index (χ4n) is 3.57. The molecule has 2 aromatic rings. The van der Waals surface area contributed by atoms with Crippen LogP contribution in [0, 0.1) is 0 Å². The zero-order valence-electron chi connectivity index (χ0n) is 16.9. The minimum Gasteiger partial charge on any atom is -0.497 e. The lowest BCUT2D eigenvalue weighted by atomic mass is 9.74. The van der Waals surface area contributed by atoms with Crippen molar-refractivity contribution in [1.29, 1.82) is 0 Å². The molecule has 0 bridgehead atoms. The van der Waals surface area contributed by atoms with Crippen molar-refractivity contribution in [2.75, 3.05) is 41.1 Å². The highest BCUT2D eigenvalue weighted by atomic mass is 32.2. The topological polar surface area (TPSA) is 83.1 Å². The first-order chi connectivity index (χ1) is 13.9. The molecule has 29 heavy (non-hydrogen) atoms. The van der Waals surface area contributed by atoms with Gasteiger partial charge in [-0.3, -0.25) is 0 Å². The Morgan fingerprint density at radius 2 is 1.59 bits per heavy atom. The summed E-state index contributed by atoms with van der Waals surface area (Å²) in [6, 6.07) is 12.3. The largest absolute Gasteiger partial charge is 0.497 e. The molecule has 1 aliphatic heterocycles. The summed E-state index contributed by atoms with van der Waals surface area (Å²) >= 11 is 0. The summed E-state index contributed by atoms with van der Waals surface area (Å²) in [6.07, 6.45) is 1.46. The molecule has 1 aliphatic rings. The molecule has 1 saturated heterocycles. The third kappa shape index (κ3) is 4.66. The molecule has 1 fully saturated rings. The third-order valence-corrected chi connectivity index (χ3v) is 6.82. The molecule has 1 N–H and O–H groups in total. The maximum absolute atomic E-state index is 13.0. The van der Waals surface area contributed by atoms with Gasteiger partial charge in [0.05, 0.1) is 26.2 Å². The highest BCUT2D eigenvalue weighted by Crippen LogP contribution is 2.36. The third-order valence-electron chi connectivity index (χ3n) is 5.42. The quantitative estimate of drug-likeness (QED) is 0.706. The SMILES string of the molecule is COc1ccc(C2(CNS(=O)(=O)c3ccc(OC)c(OC)c3)CCOCC2)cc1. The maximum atomic E-state index is 13.0. The van der Waals surface area contributed by atoms with Gasteiger partial charge in [0, 0.05) is 31.2 Å². The van der Waals surface area contributed by atoms with Crippen molar-refractivity contribution < 1.29 is 27.4 Å². The number of hydrogen-bond acceptors (Lipinski definition) is 6. The number of hydrogen-bond donors (Lipinski definition) is 1. The van der Waals surface area contributed by atoms with Gasteiger partial charge in [-0.05, 0) is 42.7 Å². The number of nitrogens with one attached hydrogen (secondary N) is 1. The first-order valence-electron chi connectivity index (χ1n) is 9.38. The van der Waals surface area contributed by atoms with Crippen molar-refractivity contribution in [3.05, 3.63) is 48.0 Å².